The van der Waals surface area contributed by atoms with Crippen molar-refractivity contribution in [1.29, 1.82) is 0 Å². The van der Waals surface area contributed by atoms with Crippen LogP contribution in [0.5, 0.6) is 0 Å². The zero-order chi connectivity index (χ0) is 9.68. The lowest BCUT2D eigenvalue weighted by molar-refractivity contribution is 0.115. The lowest BCUT2D eigenvalue weighted by Gasteiger charge is -2.11. The number of rotatable bonds is 5. The SMILES string of the molecule is CCCCC[C@@H]1OC(=O)O[C@@H]1CBr. The standard InChI is InChI=1S/C9H15BrO3/c1-2-3-4-5-7-8(6-10)13-9(11)12-7/h7-8H,2-6H2,1H3/t7-,8+/m0/s1. The number of ether oxygens (including phenoxy) is 2. The van der Waals surface area contributed by atoms with Crippen LogP contribution in [0.3, 0.4) is 0 Å². The highest BCUT2D eigenvalue weighted by Crippen LogP contribution is 2.21. The first kappa shape index (κ1) is 10.8. The minimum atomic E-state index is -0.522. The summed E-state index contributed by atoms with van der Waals surface area (Å²) in [7, 11) is 0. The highest BCUT2D eigenvalue weighted by atomic mass is 79.9. The monoisotopic (exact) mass is 250 g/mol. The maximum Gasteiger partial charge on any atom is 0.509 e. The van der Waals surface area contributed by atoms with E-state index >= 15 is 0 Å². The zero-order valence-corrected chi connectivity index (χ0v) is 9.38. The Morgan fingerprint density at radius 2 is 2.00 bits per heavy atom. The molecule has 0 unspecified atom stereocenters. The molecule has 1 aliphatic rings. The molecule has 1 rings (SSSR count). The molecule has 1 saturated heterocycles. The number of unbranched alkanes of at least 4 members (excludes halogenated alkanes) is 2. The van der Waals surface area contributed by atoms with E-state index in [1.165, 1.54) is 12.8 Å². The van der Waals surface area contributed by atoms with Crippen molar-refractivity contribution in [2.75, 3.05) is 5.33 Å². The van der Waals surface area contributed by atoms with Gasteiger partial charge in [-0.2, -0.15) is 0 Å². The van der Waals surface area contributed by atoms with E-state index in [0.29, 0.717) is 5.33 Å². The van der Waals surface area contributed by atoms with E-state index < -0.39 is 6.16 Å². The predicted molar refractivity (Wildman–Crippen MR) is 53.1 cm³/mol. The number of carbonyl (C=O) groups is 1. The fourth-order valence-corrected chi connectivity index (χ4v) is 1.95. The zero-order valence-electron chi connectivity index (χ0n) is 7.79. The van der Waals surface area contributed by atoms with Crippen LogP contribution in [0.25, 0.3) is 0 Å². The van der Waals surface area contributed by atoms with Crippen molar-refractivity contribution in [2.45, 2.75) is 44.8 Å². The Bertz CT molecular complexity index is 172. The molecular weight excluding hydrogens is 236 g/mol. The van der Waals surface area contributed by atoms with Gasteiger partial charge in [0.25, 0.3) is 0 Å². The maximum absolute atomic E-state index is 10.8. The third kappa shape index (κ3) is 3.18. The van der Waals surface area contributed by atoms with Crippen molar-refractivity contribution in [3.05, 3.63) is 0 Å². The summed E-state index contributed by atoms with van der Waals surface area (Å²) < 4.78 is 9.97. The van der Waals surface area contributed by atoms with Crippen molar-refractivity contribution in [1.82, 2.24) is 0 Å². The molecule has 0 radical (unpaired) electrons. The van der Waals surface area contributed by atoms with Crippen LogP contribution in [0.4, 0.5) is 4.79 Å². The van der Waals surface area contributed by atoms with Gasteiger partial charge in [0.15, 0.2) is 6.10 Å². The minimum Gasteiger partial charge on any atom is -0.427 e. The van der Waals surface area contributed by atoms with Gasteiger partial charge < -0.3 is 9.47 Å². The average Bonchev–Trinajstić information content (AvgIpc) is 2.47. The Morgan fingerprint density at radius 3 is 2.62 bits per heavy atom. The topological polar surface area (TPSA) is 35.5 Å². The molecule has 76 valence electrons. The van der Waals surface area contributed by atoms with Gasteiger partial charge in [-0.15, -0.1) is 0 Å². The second kappa shape index (κ2) is 5.47. The third-order valence-electron chi connectivity index (χ3n) is 2.15. The van der Waals surface area contributed by atoms with E-state index in [1.54, 1.807) is 0 Å². The minimum absolute atomic E-state index is 0.0431. The Labute approximate surface area is 86.9 Å². The fourth-order valence-electron chi connectivity index (χ4n) is 1.40. The number of hydrogen-bond donors (Lipinski definition) is 0. The molecule has 0 aliphatic carbocycles. The van der Waals surface area contributed by atoms with Gasteiger partial charge in [0, 0.05) is 5.33 Å². The van der Waals surface area contributed by atoms with E-state index in [0.717, 1.165) is 12.8 Å². The summed E-state index contributed by atoms with van der Waals surface area (Å²) in [6.07, 6.45) is 3.72. The molecule has 3 nitrogen and oxygen atoms in total. The van der Waals surface area contributed by atoms with Crippen molar-refractivity contribution in [2.24, 2.45) is 0 Å². The van der Waals surface area contributed by atoms with Gasteiger partial charge in [-0.25, -0.2) is 4.79 Å². The van der Waals surface area contributed by atoms with Gasteiger partial charge >= 0.3 is 6.16 Å². The van der Waals surface area contributed by atoms with Crippen LogP contribution in [0.1, 0.15) is 32.6 Å². The van der Waals surface area contributed by atoms with Crippen LogP contribution in [0, 0.1) is 0 Å². The number of hydrogen-bond acceptors (Lipinski definition) is 3. The Balaban J connectivity index is 2.27. The number of halogens is 1. The Hall–Kier alpha value is -0.250. The van der Waals surface area contributed by atoms with E-state index in [4.69, 9.17) is 9.47 Å². The number of carbonyl (C=O) groups excluding carboxylic acids is 1. The first-order valence-electron chi connectivity index (χ1n) is 4.71. The molecule has 0 bridgehead atoms. The lowest BCUT2D eigenvalue weighted by Crippen LogP contribution is -2.23. The molecule has 0 aromatic heterocycles. The van der Waals surface area contributed by atoms with Crippen LogP contribution >= 0.6 is 15.9 Å². The Kier molecular flexibility index (Phi) is 4.56. The molecule has 13 heavy (non-hydrogen) atoms. The average molecular weight is 251 g/mol. The van der Waals surface area contributed by atoms with Crippen molar-refractivity contribution in [3.63, 3.8) is 0 Å². The molecule has 1 heterocycles. The van der Waals surface area contributed by atoms with E-state index in [9.17, 15) is 4.79 Å². The van der Waals surface area contributed by atoms with Gasteiger partial charge in [-0.3, -0.25) is 0 Å². The largest absolute Gasteiger partial charge is 0.509 e. The molecule has 0 saturated carbocycles. The molecule has 1 fully saturated rings. The van der Waals surface area contributed by atoms with E-state index in [-0.39, 0.29) is 12.2 Å². The number of alkyl halides is 1. The highest BCUT2D eigenvalue weighted by Gasteiger charge is 2.34. The normalized spacial score (nSPS) is 27.1. The first-order chi connectivity index (χ1) is 6.27. The van der Waals surface area contributed by atoms with Gasteiger partial charge in [0.2, 0.25) is 0 Å². The van der Waals surface area contributed by atoms with E-state index in [1.807, 2.05) is 0 Å². The van der Waals surface area contributed by atoms with Gasteiger partial charge in [0.1, 0.15) is 6.10 Å². The molecule has 0 N–H and O–H groups in total. The van der Waals surface area contributed by atoms with Gasteiger partial charge in [0.05, 0.1) is 0 Å². The molecule has 0 aromatic carbocycles. The maximum atomic E-state index is 10.8. The molecule has 1 aliphatic heterocycles. The van der Waals surface area contributed by atoms with E-state index in [2.05, 4.69) is 22.9 Å². The molecule has 0 amide bonds. The summed E-state index contributed by atoms with van der Waals surface area (Å²) in [5, 5.41) is 0.662. The number of cyclic esters (lactones) is 2. The van der Waals surface area contributed by atoms with Crippen molar-refractivity contribution in [3.8, 4) is 0 Å². The van der Waals surface area contributed by atoms with Crippen LogP contribution in [0.15, 0.2) is 0 Å². The molecular formula is C9H15BrO3. The first-order valence-corrected chi connectivity index (χ1v) is 5.83. The van der Waals surface area contributed by atoms with Crippen molar-refractivity contribution < 1.29 is 14.3 Å². The van der Waals surface area contributed by atoms with Gasteiger partial charge in [-0.1, -0.05) is 35.7 Å². The summed E-state index contributed by atoms with van der Waals surface area (Å²) >= 11 is 3.30. The second-order valence-corrected chi connectivity index (χ2v) is 3.86. The highest BCUT2D eigenvalue weighted by molar-refractivity contribution is 9.09. The molecule has 0 aromatic rings. The Morgan fingerprint density at radius 1 is 1.31 bits per heavy atom. The smallest absolute Gasteiger partial charge is 0.427 e. The summed E-state index contributed by atoms with van der Waals surface area (Å²) in [4.78, 5) is 10.8. The summed E-state index contributed by atoms with van der Waals surface area (Å²) in [5.41, 5.74) is 0. The van der Waals surface area contributed by atoms with Crippen molar-refractivity contribution >= 4 is 22.1 Å². The third-order valence-corrected chi connectivity index (χ3v) is 2.79. The van der Waals surface area contributed by atoms with Crippen LogP contribution in [-0.4, -0.2) is 23.7 Å². The summed E-state index contributed by atoms with van der Waals surface area (Å²) in [5.74, 6) is 0. The van der Waals surface area contributed by atoms with Crippen LogP contribution < -0.4 is 0 Å². The molecule has 0 spiro atoms. The quantitative estimate of drug-likeness (QED) is 0.428. The molecule has 2 atom stereocenters. The summed E-state index contributed by atoms with van der Waals surface area (Å²) in [6, 6.07) is 0. The predicted octanol–water partition coefficient (Wildman–Crippen LogP) is 2.87. The molecule has 4 heteroatoms. The van der Waals surface area contributed by atoms with Gasteiger partial charge in [-0.05, 0) is 12.8 Å². The fraction of sp³-hybridized carbons (Fsp3) is 0.889. The lowest BCUT2D eigenvalue weighted by atomic mass is 10.1. The summed E-state index contributed by atoms with van der Waals surface area (Å²) in [6.45, 7) is 2.15. The van der Waals surface area contributed by atoms with Crippen LogP contribution in [-0.2, 0) is 9.47 Å². The van der Waals surface area contributed by atoms with Crippen LogP contribution in [0.2, 0.25) is 0 Å². The second-order valence-electron chi connectivity index (χ2n) is 3.21.